The van der Waals surface area contributed by atoms with Crippen LogP contribution < -0.4 is 30.6 Å². The van der Waals surface area contributed by atoms with Crippen molar-refractivity contribution in [3.05, 3.63) is 65.9 Å². The van der Waals surface area contributed by atoms with E-state index in [-0.39, 0.29) is 6.10 Å². The highest BCUT2D eigenvalue weighted by Gasteiger charge is 2.21. The zero-order valence-electron chi connectivity index (χ0n) is 19.8. The lowest BCUT2D eigenvalue weighted by Gasteiger charge is -2.28. The van der Waals surface area contributed by atoms with E-state index in [0.717, 1.165) is 35.4 Å². The van der Waals surface area contributed by atoms with Gasteiger partial charge >= 0.3 is 0 Å². The fraction of sp³-hybridized carbons (Fsp3) is 0.192. The van der Waals surface area contributed by atoms with Gasteiger partial charge in [-0.05, 0) is 55.5 Å². The molecule has 0 spiro atoms. The fourth-order valence-electron chi connectivity index (χ4n) is 3.66. The number of halogens is 1. The summed E-state index contributed by atoms with van der Waals surface area (Å²) in [7, 11) is 1.61. The van der Waals surface area contributed by atoms with Crippen LogP contribution in [0.25, 0.3) is 10.9 Å². The van der Waals surface area contributed by atoms with Crippen LogP contribution in [0.4, 0.5) is 17.2 Å². The SMILES string of the molecule is COc1cc2ncnc(Nc3ccc(Oc4ccc(N=C(C)N)cc4)c(Cl)c3)c2cc1OC1CNC1. The maximum Gasteiger partial charge on any atom is 0.162 e. The van der Waals surface area contributed by atoms with E-state index in [1.165, 1.54) is 6.33 Å². The van der Waals surface area contributed by atoms with Crippen LogP contribution in [0.3, 0.4) is 0 Å². The zero-order valence-corrected chi connectivity index (χ0v) is 20.5. The number of benzene rings is 3. The summed E-state index contributed by atoms with van der Waals surface area (Å²) in [5, 5.41) is 7.77. The van der Waals surface area contributed by atoms with Crippen LogP contribution in [0.2, 0.25) is 5.02 Å². The van der Waals surface area contributed by atoms with Crippen molar-refractivity contribution in [1.82, 2.24) is 15.3 Å². The van der Waals surface area contributed by atoms with Gasteiger partial charge in [0.25, 0.3) is 0 Å². The van der Waals surface area contributed by atoms with Gasteiger partial charge in [-0.15, -0.1) is 0 Å². The van der Waals surface area contributed by atoms with Gasteiger partial charge in [0.2, 0.25) is 0 Å². The van der Waals surface area contributed by atoms with Gasteiger partial charge in [-0.2, -0.15) is 0 Å². The number of amidine groups is 1. The largest absolute Gasteiger partial charge is 0.493 e. The van der Waals surface area contributed by atoms with Crippen molar-refractivity contribution >= 4 is 45.5 Å². The first-order valence-corrected chi connectivity index (χ1v) is 11.7. The van der Waals surface area contributed by atoms with Gasteiger partial charge in [-0.1, -0.05) is 11.6 Å². The Hall–Kier alpha value is -4.08. The molecule has 0 saturated carbocycles. The second-order valence-corrected chi connectivity index (χ2v) is 8.67. The number of hydrogen-bond donors (Lipinski definition) is 3. The molecule has 2 heterocycles. The molecule has 10 heteroatoms. The van der Waals surface area contributed by atoms with Crippen molar-refractivity contribution in [1.29, 1.82) is 0 Å². The average Bonchev–Trinajstić information content (AvgIpc) is 2.83. The van der Waals surface area contributed by atoms with Gasteiger partial charge < -0.3 is 30.6 Å². The summed E-state index contributed by atoms with van der Waals surface area (Å²) < 4.78 is 17.5. The normalized spacial score (nSPS) is 13.8. The number of nitrogens with one attached hydrogen (secondary N) is 2. The van der Waals surface area contributed by atoms with Crippen molar-refractivity contribution in [2.24, 2.45) is 10.7 Å². The van der Waals surface area contributed by atoms with Crippen LogP contribution in [0.5, 0.6) is 23.0 Å². The van der Waals surface area contributed by atoms with E-state index in [4.69, 9.17) is 31.5 Å². The van der Waals surface area contributed by atoms with Gasteiger partial charge in [0.15, 0.2) is 11.5 Å². The lowest BCUT2D eigenvalue weighted by molar-refractivity contribution is 0.137. The van der Waals surface area contributed by atoms with E-state index in [1.54, 1.807) is 26.2 Å². The molecule has 1 fully saturated rings. The summed E-state index contributed by atoms with van der Waals surface area (Å²) in [6, 6.07) is 16.5. The Balaban J connectivity index is 1.37. The smallest absolute Gasteiger partial charge is 0.162 e. The van der Waals surface area contributed by atoms with Crippen LogP contribution in [0, 0.1) is 0 Å². The second kappa shape index (κ2) is 10.3. The Kier molecular flexibility index (Phi) is 6.75. The summed E-state index contributed by atoms with van der Waals surface area (Å²) in [6.07, 6.45) is 1.61. The highest BCUT2D eigenvalue weighted by molar-refractivity contribution is 6.32. The molecular formula is C26H25ClN6O3. The molecule has 0 amide bonds. The number of methoxy groups -OCH3 is 1. The molecular weight excluding hydrogens is 480 g/mol. The molecule has 184 valence electrons. The Bertz CT molecular complexity index is 1420. The lowest BCUT2D eigenvalue weighted by atomic mass is 10.2. The van der Waals surface area contributed by atoms with Crippen LogP contribution in [0.1, 0.15) is 6.92 Å². The van der Waals surface area contributed by atoms with Crippen molar-refractivity contribution in [3.63, 3.8) is 0 Å². The Morgan fingerprint density at radius 2 is 1.86 bits per heavy atom. The summed E-state index contributed by atoms with van der Waals surface area (Å²) in [5.41, 5.74) is 7.85. The fourth-order valence-corrected chi connectivity index (χ4v) is 3.88. The molecule has 0 bridgehead atoms. The molecule has 0 unspecified atom stereocenters. The van der Waals surface area contributed by atoms with Crippen molar-refractivity contribution < 1.29 is 14.2 Å². The van der Waals surface area contributed by atoms with Crippen molar-refractivity contribution in [3.8, 4) is 23.0 Å². The van der Waals surface area contributed by atoms with E-state index in [0.29, 0.717) is 39.7 Å². The third kappa shape index (κ3) is 5.27. The van der Waals surface area contributed by atoms with Gasteiger partial charge in [0.1, 0.15) is 29.7 Å². The molecule has 0 atom stereocenters. The summed E-state index contributed by atoms with van der Waals surface area (Å²) in [6.45, 7) is 3.34. The lowest BCUT2D eigenvalue weighted by Crippen LogP contribution is -2.50. The maximum atomic E-state index is 6.53. The monoisotopic (exact) mass is 504 g/mol. The molecule has 5 rings (SSSR count). The first-order valence-electron chi connectivity index (χ1n) is 11.3. The number of rotatable bonds is 8. The van der Waals surface area contributed by atoms with Gasteiger partial charge in [0, 0.05) is 30.2 Å². The third-order valence-corrected chi connectivity index (χ3v) is 5.82. The van der Waals surface area contributed by atoms with Crippen LogP contribution >= 0.6 is 11.6 Å². The molecule has 4 N–H and O–H groups in total. The molecule has 1 aromatic heterocycles. The molecule has 1 saturated heterocycles. The molecule has 9 nitrogen and oxygen atoms in total. The molecule has 1 aliphatic heterocycles. The predicted octanol–water partition coefficient (Wildman–Crippen LogP) is 5.19. The number of aliphatic imine (C=N–C) groups is 1. The Labute approximate surface area is 213 Å². The maximum absolute atomic E-state index is 6.53. The second-order valence-electron chi connectivity index (χ2n) is 8.26. The van der Waals surface area contributed by atoms with Crippen molar-refractivity contribution in [2.75, 3.05) is 25.5 Å². The minimum atomic E-state index is 0.109. The van der Waals surface area contributed by atoms with Crippen molar-refractivity contribution in [2.45, 2.75) is 13.0 Å². The van der Waals surface area contributed by atoms with E-state index in [1.807, 2.05) is 42.5 Å². The number of ether oxygens (including phenoxy) is 3. The quantitative estimate of drug-likeness (QED) is 0.222. The molecule has 3 aromatic carbocycles. The number of aromatic nitrogens is 2. The standard InChI is InChI=1S/C26H25ClN6O3/c1-15(28)32-16-3-6-18(7-4-16)35-23-8-5-17(9-21(23)27)33-26-20-10-25(36-19-12-29-13-19)24(34-2)11-22(20)30-14-31-26/h3-11,14,19,29H,12-13H2,1-2H3,(H2,28,32)(H,30,31,33). The first-order chi connectivity index (χ1) is 17.5. The number of anilines is 2. The van der Waals surface area contributed by atoms with E-state index >= 15 is 0 Å². The van der Waals surface area contributed by atoms with Gasteiger partial charge in [-0.25, -0.2) is 15.0 Å². The number of hydrogen-bond acceptors (Lipinski definition) is 8. The van der Waals surface area contributed by atoms with E-state index in [2.05, 4.69) is 25.6 Å². The zero-order chi connectivity index (χ0) is 25.1. The average molecular weight is 505 g/mol. The van der Waals surface area contributed by atoms with Crippen LogP contribution in [0.15, 0.2) is 65.9 Å². The third-order valence-electron chi connectivity index (χ3n) is 5.52. The highest BCUT2D eigenvalue weighted by atomic mass is 35.5. The topological polar surface area (TPSA) is 116 Å². The molecule has 36 heavy (non-hydrogen) atoms. The van der Waals surface area contributed by atoms with E-state index < -0.39 is 0 Å². The first kappa shape index (κ1) is 23.7. The van der Waals surface area contributed by atoms with Gasteiger partial charge in [-0.3, -0.25) is 0 Å². The Morgan fingerprint density at radius 3 is 2.53 bits per heavy atom. The predicted molar refractivity (Wildman–Crippen MR) is 142 cm³/mol. The van der Waals surface area contributed by atoms with Gasteiger partial charge in [0.05, 0.1) is 29.2 Å². The highest BCUT2D eigenvalue weighted by Crippen LogP contribution is 2.37. The molecule has 1 aliphatic rings. The minimum absolute atomic E-state index is 0.109. The van der Waals surface area contributed by atoms with Crippen LogP contribution in [-0.4, -0.2) is 42.1 Å². The van der Waals surface area contributed by atoms with E-state index in [9.17, 15) is 0 Å². The number of nitrogens with two attached hydrogens (primary N) is 1. The summed E-state index contributed by atoms with van der Waals surface area (Å²) >= 11 is 6.53. The molecule has 0 radical (unpaired) electrons. The molecule has 4 aromatic rings. The van der Waals surface area contributed by atoms with Crippen LogP contribution in [-0.2, 0) is 0 Å². The summed E-state index contributed by atoms with van der Waals surface area (Å²) in [5.74, 6) is 3.54. The minimum Gasteiger partial charge on any atom is -0.493 e. The number of nitrogens with zero attached hydrogens (tertiary/aromatic N) is 3. The molecule has 0 aliphatic carbocycles. The summed E-state index contributed by atoms with van der Waals surface area (Å²) in [4.78, 5) is 13.0. The Morgan fingerprint density at radius 1 is 1.06 bits per heavy atom. The number of fused-ring (bicyclic) bond motifs is 1.